The van der Waals surface area contributed by atoms with Crippen LogP contribution in [0.5, 0.6) is 0 Å². The van der Waals surface area contributed by atoms with E-state index in [1.807, 2.05) is 36.7 Å². The van der Waals surface area contributed by atoms with Crippen LogP contribution in [0, 0.1) is 0 Å². The van der Waals surface area contributed by atoms with Gasteiger partial charge >= 0.3 is 0 Å². The summed E-state index contributed by atoms with van der Waals surface area (Å²) in [7, 11) is 0. The molecule has 0 aliphatic heterocycles. The van der Waals surface area contributed by atoms with Gasteiger partial charge in [0.05, 0.1) is 0 Å². The summed E-state index contributed by atoms with van der Waals surface area (Å²) in [6.45, 7) is 3.97. The third-order valence-electron chi connectivity index (χ3n) is 2.56. The van der Waals surface area contributed by atoms with Gasteiger partial charge in [0.2, 0.25) is 0 Å². The molecule has 0 fully saturated rings. The minimum atomic E-state index is 0.721. The van der Waals surface area contributed by atoms with Gasteiger partial charge in [-0.05, 0) is 37.2 Å². The second-order valence-corrected chi connectivity index (χ2v) is 4.54. The van der Waals surface area contributed by atoms with E-state index in [1.165, 1.54) is 0 Å². The quantitative estimate of drug-likeness (QED) is 0.840. The minimum absolute atomic E-state index is 0.721. The van der Waals surface area contributed by atoms with Gasteiger partial charge < -0.3 is 5.32 Å². The molecule has 0 unspecified atom stereocenters. The Balaban J connectivity index is 2.05. The van der Waals surface area contributed by atoms with E-state index >= 15 is 0 Å². The zero-order chi connectivity index (χ0) is 12.8. The number of halogens is 1. The summed E-state index contributed by atoms with van der Waals surface area (Å²) in [6, 6.07) is 7.53. The number of nitrogens with one attached hydrogen (secondary N) is 1. The molecule has 0 aliphatic rings. The average Bonchev–Trinajstić information content (AvgIpc) is 2.41. The molecular weight excluding hydrogens is 246 g/mol. The van der Waals surface area contributed by atoms with Crippen LogP contribution in [0.3, 0.4) is 0 Å². The number of hydrogen-bond acceptors (Lipinski definition) is 3. The monoisotopic (exact) mass is 261 g/mol. The van der Waals surface area contributed by atoms with Crippen LogP contribution in [0.4, 0.5) is 0 Å². The Bertz CT molecular complexity index is 479. The van der Waals surface area contributed by atoms with Crippen LogP contribution < -0.4 is 5.32 Å². The Labute approximate surface area is 112 Å². The van der Waals surface area contributed by atoms with Crippen molar-refractivity contribution in [2.75, 3.05) is 6.54 Å². The maximum absolute atomic E-state index is 5.85. The molecule has 2 rings (SSSR count). The van der Waals surface area contributed by atoms with Crippen molar-refractivity contribution < 1.29 is 0 Å². The molecule has 94 valence electrons. The number of hydrogen-bond donors (Lipinski definition) is 1. The first-order chi connectivity index (χ1) is 8.79. The van der Waals surface area contributed by atoms with E-state index in [0.29, 0.717) is 0 Å². The number of rotatable bonds is 5. The molecule has 1 aromatic carbocycles. The minimum Gasteiger partial charge on any atom is -0.313 e. The van der Waals surface area contributed by atoms with Gasteiger partial charge in [0, 0.05) is 35.1 Å². The Morgan fingerprint density at radius 3 is 2.39 bits per heavy atom. The van der Waals surface area contributed by atoms with Crippen LogP contribution in [0.1, 0.15) is 18.9 Å². The molecule has 0 atom stereocenters. The summed E-state index contributed by atoms with van der Waals surface area (Å²) in [4.78, 5) is 8.73. The zero-order valence-corrected chi connectivity index (χ0v) is 11.1. The van der Waals surface area contributed by atoms with Crippen molar-refractivity contribution in [2.24, 2.45) is 0 Å². The third kappa shape index (κ3) is 3.52. The molecule has 0 saturated carbocycles. The number of benzene rings is 1. The maximum atomic E-state index is 5.85. The molecule has 3 nitrogen and oxygen atoms in total. The molecule has 0 aliphatic carbocycles. The number of aromatic nitrogens is 2. The highest BCUT2D eigenvalue weighted by atomic mass is 35.5. The van der Waals surface area contributed by atoms with Gasteiger partial charge in [-0.15, -0.1) is 0 Å². The van der Waals surface area contributed by atoms with Gasteiger partial charge in [-0.3, -0.25) is 0 Å². The maximum Gasteiger partial charge on any atom is 0.159 e. The predicted molar refractivity (Wildman–Crippen MR) is 74.5 cm³/mol. The highest BCUT2D eigenvalue weighted by molar-refractivity contribution is 6.30. The highest BCUT2D eigenvalue weighted by Gasteiger charge is 2.01. The molecule has 1 N–H and O–H groups in total. The first-order valence-electron chi connectivity index (χ1n) is 6.07. The van der Waals surface area contributed by atoms with Crippen molar-refractivity contribution in [2.45, 2.75) is 19.9 Å². The van der Waals surface area contributed by atoms with Crippen molar-refractivity contribution >= 4 is 11.6 Å². The fourth-order valence-electron chi connectivity index (χ4n) is 1.60. The molecule has 0 amide bonds. The van der Waals surface area contributed by atoms with Gasteiger partial charge in [-0.25, -0.2) is 9.97 Å². The predicted octanol–water partition coefficient (Wildman–Crippen LogP) is 3.30. The lowest BCUT2D eigenvalue weighted by atomic mass is 10.2. The fourth-order valence-corrected chi connectivity index (χ4v) is 1.73. The van der Waals surface area contributed by atoms with Crippen molar-refractivity contribution in [3.8, 4) is 11.4 Å². The van der Waals surface area contributed by atoms with Crippen molar-refractivity contribution in [1.29, 1.82) is 0 Å². The second kappa shape index (κ2) is 6.47. The Morgan fingerprint density at radius 2 is 1.78 bits per heavy atom. The van der Waals surface area contributed by atoms with Crippen molar-refractivity contribution in [3.63, 3.8) is 0 Å². The summed E-state index contributed by atoms with van der Waals surface area (Å²) in [5.74, 6) is 0.728. The van der Waals surface area contributed by atoms with Crippen LogP contribution in [0.25, 0.3) is 11.4 Å². The molecule has 0 bridgehead atoms. The molecule has 1 aromatic heterocycles. The van der Waals surface area contributed by atoms with E-state index in [1.54, 1.807) is 0 Å². The summed E-state index contributed by atoms with van der Waals surface area (Å²) in [5.41, 5.74) is 2.08. The van der Waals surface area contributed by atoms with Crippen molar-refractivity contribution in [3.05, 3.63) is 47.2 Å². The van der Waals surface area contributed by atoms with E-state index in [-0.39, 0.29) is 0 Å². The molecule has 18 heavy (non-hydrogen) atoms. The van der Waals surface area contributed by atoms with Gasteiger partial charge in [-0.2, -0.15) is 0 Å². The Morgan fingerprint density at radius 1 is 1.11 bits per heavy atom. The van der Waals surface area contributed by atoms with Gasteiger partial charge in [0.25, 0.3) is 0 Å². The van der Waals surface area contributed by atoms with E-state index in [2.05, 4.69) is 22.2 Å². The molecule has 1 heterocycles. The lowest BCUT2D eigenvalue weighted by molar-refractivity contribution is 0.672. The summed E-state index contributed by atoms with van der Waals surface area (Å²) >= 11 is 5.85. The molecular formula is C14H16ClN3. The molecule has 2 aromatic rings. The Kier molecular flexibility index (Phi) is 4.67. The summed E-state index contributed by atoms with van der Waals surface area (Å²) < 4.78 is 0. The summed E-state index contributed by atoms with van der Waals surface area (Å²) in [5, 5.41) is 4.04. The largest absolute Gasteiger partial charge is 0.313 e. The van der Waals surface area contributed by atoms with Crippen LogP contribution in [0.2, 0.25) is 5.02 Å². The number of nitrogens with zero attached hydrogens (tertiary/aromatic N) is 2. The van der Waals surface area contributed by atoms with Crippen LogP contribution in [-0.4, -0.2) is 16.5 Å². The van der Waals surface area contributed by atoms with E-state index < -0.39 is 0 Å². The average molecular weight is 262 g/mol. The topological polar surface area (TPSA) is 37.8 Å². The lowest BCUT2D eigenvalue weighted by Gasteiger charge is -2.04. The van der Waals surface area contributed by atoms with Gasteiger partial charge in [-0.1, -0.05) is 18.5 Å². The fraction of sp³-hybridized carbons (Fsp3) is 0.286. The molecule has 0 saturated heterocycles. The molecule has 0 spiro atoms. The van der Waals surface area contributed by atoms with Crippen LogP contribution in [0.15, 0.2) is 36.7 Å². The molecule has 4 heteroatoms. The second-order valence-electron chi connectivity index (χ2n) is 4.10. The normalized spacial score (nSPS) is 10.6. The Hall–Kier alpha value is -1.45. The third-order valence-corrected chi connectivity index (χ3v) is 2.82. The van der Waals surface area contributed by atoms with Gasteiger partial charge in [0.15, 0.2) is 5.82 Å². The van der Waals surface area contributed by atoms with E-state index in [4.69, 9.17) is 11.6 Å². The smallest absolute Gasteiger partial charge is 0.159 e. The lowest BCUT2D eigenvalue weighted by Crippen LogP contribution is -2.14. The highest BCUT2D eigenvalue weighted by Crippen LogP contribution is 2.17. The van der Waals surface area contributed by atoms with Crippen LogP contribution in [-0.2, 0) is 6.54 Å². The first-order valence-corrected chi connectivity index (χ1v) is 6.45. The van der Waals surface area contributed by atoms with Gasteiger partial charge in [0.1, 0.15) is 0 Å². The van der Waals surface area contributed by atoms with Crippen molar-refractivity contribution in [1.82, 2.24) is 15.3 Å². The summed E-state index contributed by atoms with van der Waals surface area (Å²) in [6.07, 6.45) is 4.85. The van der Waals surface area contributed by atoms with E-state index in [9.17, 15) is 0 Å². The van der Waals surface area contributed by atoms with E-state index in [0.717, 1.165) is 41.5 Å². The standard InChI is InChI=1S/C14H16ClN3/c1-2-7-16-8-11-9-17-14(18-10-11)12-3-5-13(15)6-4-12/h3-6,9-10,16H,2,7-8H2,1H3. The van der Waals surface area contributed by atoms with Crippen LogP contribution >= 0.6 is 11.6 Å². The first kappa shape index (κ1) is 13.0. The molecule has 0 radical (unpaired) electrons. The SMILES string of the molecule is CCCNCc1cnc(-c2ccc(Cl)cc2)nc1. The zero-order valence-electron chi connectivity index (χ0n) is 10.4.